The third kappa shape index (κ3) is 6.52. The number of ether oxygens (including phenoxy) is 1. The van der Waals surface area contributed by atoms with Crippen LogP contribution in [0, 0.1) is 5.82 Å². The SMILES string of the molecule is CCCC/C=C/C(=O)N[C@@H](Cc1cccc(F)c1)C(=O)OC. The molecule has 0 fully saturated rings. The molecule has 0 aliphatic rings. The largest absolute Gasteiger partial charge is 0.467 e. The van der Waals surface area contributed by atoms with Crippen molar-refractivity contribution in [2.45, 2.75) is 38.6 Å². The lowest BCUT2D eigenvalue weighted by Crippen LogP contribution is -2.42. The second-order valence-corrected chi connectivity index (χ2v) is 4.96. The minimum absolute atomic E-state index is 0.180. The molecule has 1 amide bonds. The molecule has 0 unspecified atom stereocenters. The van der Waals surface area contributed by atoms with Gasteiger partial charge in [0.05, 0.1) is 7.11 Å². The number of rotatable bonds is 8. The molecule has 120 valence electrons. The van der Waals surface area contributed by atoms with E-state index < -0.39 is 12.0 Å². The predicted octanol–water partition coefficient (Wildman–Crippen LogP) is 2.77. The Morgan fingerprint density at radius 1 is 1.41 bits per heavy atom. The highest BCUT2D eigenvalue weighted by Gasteiger charge is 2.21. The molecule has 4 nitrogen and oxygen atoms in total. The van der Waals surface area contributed by atoms with Gasteiger partial charge in [0.25, 0.3) is 0 Å². The van der Waals surface area contributed by atoms with Gasteiger partial charge in [-0.25, -0.2) is 9.18 Å². The molecule has 1 aromatic rings. The Balaban J connectivity index is 2.67. The maximum atomic E-state index is 13.2. The standard InChI is InChI=1S/C17H22FNO3/c1-3-4-5-6-10-16(20)19-15(17(21)22-2)12-13-8-7-9-14(18)11-13/h6-11,15H,3-5,12H2,1-2H3,(H,19,20)/b10-6+/t15-/m0/s1. The molecule has 1 aromatic carbocycles. The Kier molecular flexibility index (Phi) is 7.89. The predicted molar refractivity (Wildman–Crippen MR) is 82.7 cm³/mol. The lowest BCUT2D eigenvalue weighted by molar-refractivity contribution is -0.144. The van der Waals surface area contributed by atoms with Crippen molar-refractivity contribution in [2.75, 3.05) is 7.11 Å². The van der Waals surface area contributed by atoms with Crippen LogP contribution in [0.4, 0.5) is 4.39 Å². The molecule has 1 N–H and O–H groups in total. The number of nitrogens with one attached hydrogen (secondary N) is 1. The molecule has 0 spiro atoms. The van der Waals surface area contributed by atoms with Crippen LogP contribution in [0.5, 0.6) is 0 Å². The van der Waals surface area contributed by atoms with Crippen molar-refractivity contribution in [3.8, 4) is 0 Å². The number of halogens is 1. The molecule has 5 heteroatoms. The number of hydrogen-bond acceptors (Lipinski definition) is 3. The van der Waals surface area contributed by atoms with E-state index in [9.17, 15) is 14.0 Å². The summed E-state index contributed by atoms with van der Waals surface area (Å²) in [6.45, 7) is 2.07. The van der Waals surface area contributed by atoms with E-state index in [-0.39, 0.29) is 18.1 Å². The topological polar surface area (TPSA) is 55.4 Å². The van der Waals surface area contributed by atoms with Crippen LogP contribution in [0.2, 0.25) is 0 Å². The molecule has 0 saturated heterocycles. The Morgan fingerprint density at radius 2 is 2.18 bits per heavy atom. The first kappa shape index (κ1) is 17.9. The molecule has 22 heavy (non-hydrogen) atoms. The molecular weight excluding hydrogens is 285 g/mol. The molecule has 1 rings (SSSR count). The van der Waals surface area contributed by atoms with Gasteiger partial charge in [-0.1, -0.05) is 38.0 Å². The van der Waals surface area contributed by atoms with Crippen molar-refractivity contribution in [3.05, 3.63) is 47.8 Å². The van der Waals surface area contributed by atoms with Crippen LogP contribution < -0.4 is 5.32 Å². The minimum Gasteiger partial charge on any atom is -0.467 e. The molecule has 0 heterocycles. The van der Waals surface area contributed by atoms with Gasteiger partial charge < -0.3 is 10.1 Å². The van der Waals surface area contributed by atoms with Gasteiger partial charge in [-0.3, -0.25) is 4.79 Å². The van der Waals surface area contributed by atoms with Gasteiger partial charge in [0.15, 0.2) is 0 Å². The zero-order valence-electron chi connectivity index (χ0n) is 13.0. The highest BCUT2D eigenvalue weighted by Crippen LogP contribution is 2.07. The fourth-order valence-corrected chi connectivity index (χ4v) is 1.97. The number of allylic oxidation sites excluding steroid dienone is 1. The van der Waals surface area contributed by atoms with Crippen molar-refractivity contribution in [1.29, 1.82) is 0 Å². The Hall–Kier alpha value is -2.17. The third-order valence-corrected chi connectivity index (χ3v) is 3.12. The summed E-state index contributed by atoms with van der Waals surface area (Å²) in [5.74, 6) is -1.30. The van der Waals surface area contributed by atoms with Crippen LogP contribution in [-0.4, -0.2) is 25.0 Å². The summed E-state index contributed by atoms with van der Waals surface area (Å²) in [5, 5.41) is 2.59. The number of carbonyl (C=O) groups is 2. The number of carbonyl (C=O) groups excluding carboxylic acids is 2. The molecular formula is C17H22FNO3. The van der Waals surface area contributed by atoms with Gasteiger partial charge in [-0.2, -0.15) is 0 Å². The van der Waals surface area contributed by atoms with Gasteiger partial charge in [0, 0.05) is 6.42 Å². The number of hydrogen-bond donors (Lipinski definition) is 1. The van der Waals surface area contributed by atoms with Gasteiger partial charge >= 0.3 is 5.97 Å². The summed E-state index contributed by atoms with van der Waals surface area (Å²) in [4.78, 5) is 23.6. The van der Waals surface area contributed by atoms with Crippen molar-refractivity contribution in [3.63, 3.8) is 0 Å². The lowest BCUT2D eigenvalue weighted by atomic mass is 10.1. The van der Waals surface area contributed by atoms with E-state index >= 15 is 0 Å². The van der Waals surface area contributed by atoms with E-state index in [1.54, 1.807) is 18.2 Å². The summed E-state index contributed by atoms with van der Waals surface area (Å²) in [6.07, 6.45) is 6.24. The van der Waals surface area contributed by atoms with Crippen molar-refractivity contribution in [2.24, 2.45) is 0 Å². The molecule has 0 saturated carbocycles. The number of benzene rings is 1. The zero-order chi connectivity index (χ0) is 16.4. The molecule has 0 aliphatic heterocycles. The molecule has 0 aliphatic carbocycles. The maximum Gasteiger partial charge on any atom is 0.328 e. The lowest BCUT2D eigenvalue weighted by Gasteiger charge is -2.15. The van der Waals surface area contributed by atoms with Crippen LogP contribution in [-0.2, 0) is 20.7 Å². The van der Waals surface area contributed by atoms with Crippen LogP contribution in [0.15, 0.2) is 36.4 Å². The van der Waals surface area contributed by atoms with E-state index in [1.165, 1.54) is 25.3 Å². The zero-order valence-corrected chi connectivity index (χ0v) is 13.0. The Morgan fingerprint density at radius 3 is 2.82 bits per heavy atom. The molecule has 0 aromatic heterocycles. The van der Waals surface area contributed by atoms with E-state index in [4.69, 9.17) is 0 Å². The highest BCUT2D eigenvalue weighted by atomic mass is 19.1. The van der Waals surface area contributed by atoms with Gasteiger partial charge in [0.2, 0.25) is 5.91 Å². The van der Waals surface area contributed by atoms with Crippen LogP contribution in [0.25, 0.3) is 0 Å². The first-order valence-corrected chi connectivity index (χ1v) is 7.36. The van der Waals surface area contributed by atoms with Crippen LogP contribution in [0.3, 0.4) is 0 Å². The van der Waals surface area contributed by atoms with Crippen molar-refractivity contribution in [1.82, 2.24) is 5.32 Å². The summed E-state index contributed by atoms with van der Waals surface area (Å²) < 4.78 is 17.9. The number of esters is 1. The molecule has 0 radical (unpaired) electrons. The smallest absolute Gasteiger partial charge is 0.328 e. The summed E-state index contributed by atoms with van der Waals surface area (Å²) in [7, 11) is 1.25. The van der Waals surface area contributed by atoms with E-state index in [0.717, 1.165) is 19.3 Å². The fraction of sp³-hybridized carbons (Fsp3) is 0.412. The third-order valence-electron chi connectivity index (χ3n) is 3.12. The number of methoxy groups -OCH3 is 1. The van der Waals surface area contributed by atoms with Gasteiger partial charge in [-0.15, -0.1) is 0 Å². The average Bonchev–Trinajstić information content (AvgIpc) is 2.50. The number of amides is 1. The monoisotopic (exact) mass is 307 g/mol. The van der Waals surface area contributed by atoms with Crippen LogP contribution >= 0.6 is 0 Å². The first-order valence-electron chi connectivity index (χ1n) is 7.36. The number of unbranched alkanes of at least 4 members (excludes halogenated alkanes) is 2. The second kappa shape index (κ2) is 9.71. The first-order chi connectivity index (χ1) is 10.6. The fourth-order valence-electron chi connectivity index (χ4n) is 1.97. The normalized spacial score (nSPS) is 12.1. The molecule has 1 atom stereocenters. The average molecular weight is 307 g/mol. The van der Waals surface area contributed by atoms with E-state index in [1.807, 2.05) is 0 Å². The minimum atomic E-state index is -0.838. The molecule has 0 bridgehead atoms. The maximum absolute atomic E-state index is 13.2. The Labute approximate surface area is 130 Å². The highest BCUT2D eigenvalue weighted by molar-refractivity contribution is 5.91. The van der Waals surface area contributed by atoms with E-state index in [0.29, 0.717) is 5.56 Å². The van der Waals surface area contributed by atoms with E-state index in [2.05, 4.69) is 17.0 Å². The van der Waals surface area contributed by atoms with Crippen LogP contribution in [0.1, 0.15) is 31.7 Å². The van der Waals surface area contributed by atoms with Gasteiger partial charge in [-0.05, 0) is 30.2 Å². The van der Waals surface area contributed by atoms with Gasteiger partial charge in [0.1, 0.15) is 11.9 Å². The quantitative estimate of drug-likeness (QED) is 0.456. The second-order valence-electron chi connectivity index (χ2n) is 4.96. The van der Waals surface area contributed by atoms with Crippen molar-refractivity contribution < 1.29 is 18.7 Å². The summed E-state index contributed by atoms with van der Waals surface area (Å²) >= 11 is 0. The van der Waals surface area contributed by atoms with Crippen molar-refractivity contribution >= 4 is 11.9 Å². The Bertz CT molecular complexity index is 528. The summed E-state index contributed by atoms with van der Waals surface area (Å²) in [5.41, 5.74) is 0.616. The summed E-state index contributed by atoms with van der Waals surface area (Å²) in [6, 6.07) is 5.08.